The van der Waals surface area contributed by atoms with E-state index in [9.17, 15) is 0 Å². The average molecular weight is 474 g/mol. The lowest BCUT2D eigenvalue weighted by molar-refractivity contribution is 0.385. The van der Waals surface area contributed by atoms with Crippen LogP contribution in [0.15, 0.2) is 59.6 Å². The van der Waals surface area contributed by atoms with E-state index in [1.54, 1.807) is 0 Å². The molecular weight excluding hydrogens is 442 g/mol. The Kier molecular flexibility index (Phi) is 7.37. The third kappa shape index (κ3) is 6.29. The summed E-state index contributed by atoms with van der Waals surface area (Å²) >= 11 is 5.62. The third-order valence-corrected chi connectivity index (χ3v) is 5.78. The van der Waals surface area contributed by atoms with Gasteiger partial charge in [-0.05, 0) is 81.4 Å². The monoisotopic (exact) mass is 473 g/mol. The molecule has 2 N–H and O–H groups in total. The van der Waals surface area contributed by atoms with E-state index in [4.69, 9.17) is 17.2 Å². The Bertz CT molecular complexity index is 1140. The van der Waals surface area contributed by atoms with Gasteiger partial charge in [-0.2, -0.15) is 4.99 Å². The zero-order valence-corrected chi connectivity index (χ0v) is 21.0. The van der Waals surface area contributed by atoms with Crippen molar-refractivity contribution in [2.75, 3.05) is 41.7 Å². The highest BCUT2D eigenvalue weighted by molar-refractivity contribution is 7.80. The number of benzene rings is 2. The SMILES string of the molecule is Cc1cc(C)cc(NC(=S)/N=C(/Nc2nc(C)cc(C)n2)N2CCN(c3ccccc3)CC2)c1. The normalized spacial score (nSPS) is 14.2. The standard InChI is InChI=1S/C26H31N7S/c1-18-14-19(2)16-22(15-18)29-26(34)31-25(30-24-27-20(3)17-21(4)28-24)33-12-10-32(11-13-33)23-8-6-5-7-9-23/h5-9,14-17H,10-13H2,1-4H3,(H2,27,28,29,30,31,34). The molecule has 0 aliphatic carbocycles. The zero-order valence-electron chi connectivity index (χ0n) is 20.2. The molecule has 7 nitrogen and oxygen atoms in total. The van der Waals surface area contributed by atoms with E-state index >= 15 is 0 Å². The lowest BCUT2D eigenvalue weighted by atomic mass is 10.1. The van der Waals surface area contributed by atoms with Crippen molar-refractivity contribution in [1.82, 2.24) is 14.9 Å². The maximum absolute atomic E-state index is 5.62. The van der Waals surface area contributed by atoms with Gasteiger partial charge in [0.2, 0.25) is 17.0 Å². The first-order valence-corrected chi connectivity index (χ1v) is 11.9. The third-order valence-electron chi connectivity index (χ3n) is 5.59. The molecule has 4 rings (SSSR count). The van der Waals surface area contributed by atoms with Crippen LogP contribution in [0.1, 0.15) is 22.5 Å². The molecule has 34 heavy (non-hydrogen) atoms. The van der Waals surface area contributed by atoms with Crippen LogP contribution in [0.25, 0.3) is 0 Å². The second kappa shape index (κ2) is 10.6. The van der Waals surface area contributed by atoms with Gasteiger partial charge in [0, 0.05) is 48.9 Å². The van der Waals surface area contributed by atoms with E-state index in [1.807, 2.05) is 26.0 Å². The summed E-state index contributed by atoms with van der Waals surface area (Å²) in [6.07, 6.45) is 0. The molecule has 1 aliphatic rings. The van der Waals surface area contributed by atoms with Crippen LogP contribution in [0.3, 0.4) is 0 Å². The van der Waals surface area contributed by atoms with Crippen molar-refractivity contribution in [3.05, 3.63) is 77.1 Å². The van der Waals surface area contributed by atoms with Crippen LogP contribution in [0.2, 0.25) is 0 Å². The number of piperazine rings is 1. The number of nitrogens with one attached hydrogen (secondary N) is 2. The number of hydrogen-bond acceptors (Lipinski definition) is 4. The Morgan fingerprint density at radius 1 is 0.824 bits per heavy atom. The van der Waals surface area contributed by atoms with Crippen LogP contribution >= 0.6 is 12.2 Å². The Morgan fingerprint density at radius 2 is 1.44 bits per heavy atom. The van der Waals surface area contributed by atoms with Gasteiger partial charge >= 0.3 is 0 Å². The van der Waals surface area contributed by atoms with E-state index in [-0.39, 0.29) is 0 Å². The van der Waals surface area contributed by atoms with E-state index < -0.39 is 0 Å². The predicted molar refractivity (Wildman–Crippen MR) is 145 cm³/mol. The molecule has 0 saturated carbocycles. The Balaban J connectivity index is 1.54. The molecule has 0 amide bonds. The smallest absolute Gasteiger partial charge is 0.229 e. The molecule has 1 fully saturated rings. The molecule has 0 bridgehead atoms. The summed E-state index contributed by atoms with van der Waals surface area (Å²) < 4.78 is 0. The van der Waals surface area contributed by atoms with Gasteiger partial charge in [-0.3, -0.25) is 5.32 Å². The van der Waals surface area contributed by atoms with Crippen molar-refractivity contribution in [2.45, 2.75) is 27.7 Å². The summed E-state index contributed by atoms with van der Waals surface area (Å²) in [6, 6.07) is 18.7. The minimum Gasteiger partial charge on any atom is -0.368 e. The highest BCUT2D eigenvalue weighted by atomic mass is 32.1. The van der Waals surface area contributed by atoms with Crippen LogP contribution in [0.4, 0.5) is 17.3 Å². The highest BCUT2D eigenvalue weighted by Gasteiger charge is 2.21. The molecular formula is C26H31N7S. The summed E-state index contributed by atoms with van der Waals surface area (Å²) in [4.78, 5) is 18.4. The Morgan fingerprint density at radius 3 is 2.06 bits per heavy atom. The first-order valence-electron chi connectivity index (χ1n) is 11.5. The van der Waals surface area contributed by atoms with Crippen molar-refractivity contribution in [3.8, 4) is 0 Å². The van der Waals surface area contributed by atoms with Crippen LogP contribution < -0.4 is 15.5 Å². The summed E-state index contributed by atoms with van der Waals surface area (Å²) in [6.45, 7) is 11.4. The molecule has 0 unspecified atom stereocenters. The van der Waals surface area contributed by atoms with Gasteiger partial charge in [0.1, 0.15) is 0 Å². The molecule has 0 atom stereocenters. The van der Waals surface area contributed by atoms with Crippen LogP contribution in [0, 0.1) is 27.7 Å². The van der Waals surface area contributed by atoms with E-state index in [0.717, 1.165) is 43.3 Å². The Hall–Kier alpha value is -3.52. The number of rotatable bonds is 3. The van der Waals surface area contributed by atoms with Gasteiger partial charge in [-0.25, -0.2) is 9.97 Å². The summed E-state index contributed by atoms with van der Waals surface area (Å²) in [7, 11) is 0. The summed E-state index contributed by atoms with van der Waals surface area (Å²) in [5, 5.41) is 6.99. The van der Waals surface area contributed by atoms with Crippen LogP contribution in [0.5, 0.6) is 0 Å². The number of anilines is 3. The number of aryl methyl sites for hydroxylation is 4. The van der Waals surface area contributed by atoms with Crippen molar-refractivity contribution in [2.24, 2.45) is 4.99 Å². The molecule has 2 aromatic carbocycles. The second-order valence-corrected chi connectivity index (χ2v) is 9.04. The number of hydrogen-bond donors (Lipinski definition) is 2. The number of aromatic nitrogens is 2. The van der Waals surface area contributed by atoms with Crippen LogP contribution in [-0.2, 0) is 0 Å². The summed E-state index contributed by atoms with van der Waals surface area (Å²) in [5.74, 6) is 1.18. The fourth-order valence-electron chi connectivity index (χ4n) is 4.17. The van der Waals surface area contributed by atoms with Gasteiger partial charge in [0.25, 0.3) is 0 Å². The maximum atomic E-state index is 5.62. The molecule has 0 spiro atoms. The predicted octanol–water partition coefficient (Wildman–Crippen LogP) is 4.70. The largest absolute Gasteiger partial charge is 0.368 e. The highest BCUT2D eigenvalue weighted by Crippen LogP contribution is 2.17. The van der Waals surface area contributed by atoms with Crippen molar-refractivity contribution < 1.29 is 0 Å². The molecule has 0 radical (unpaired) electrons. The first-order chi connectivity index (χ1) is 16.4. The number of para-hydroxylation sites is 1. The molecule has 1 aromatic heterocycles. The lowest BCUT2D eigenvalue weighted by Gasteiger charge is -2.37. The van der Waals surface area contributed by atoms with E-state index in [0.29, 0.717) is 17.0 Å². The number of guanidine groups is 1. The summed E-state index contributed by atoms with van der Waals surface area (Å²) in [5.41, 5.74) is 6.32. The van der Waals surface area contributed by atoms with Crippen molar-refractivity contribution in [3.63, 3.8) is 0 Å². The van der Waals surface area contributed by atoms with Gasteiger partial charge < -0.3 is 15.1 Å². The Labute approximate surface area is 207 Å². The van der Waals surface area contributed by atoms with Gasteiger partial charge in [0.05, 0.1) is 0 Å². The molecule has 176 valence electrons. The topological polar surface area (TPSA) is 68.7 Å². The quantitative estimate of drug-likeness (QED) is 0.325. The van der Waals surface area contributed by atoms with Crippen molar-refractivity contribution >= 4 is 40.6 Å². The molecule has 2 heterocycles. The number of nitrogens with zero attached hydrogens (tertiary/aromatic N) is 5. The molecule has 1 aliphatic heterocycles. The lowest BCUT2D eigenvalue weighted by Crippen LogP contribution is -2.51. The van der Waals surface area contributed by atoms with Gasteiger partial charge in [-0.1, -0.05) is 24.3 Å². The molecule has 8 heteroatoms. The second-order valence-electron chi connectivity index (χ2n) is 8.65. The minimum absolute atomic E-state index is 0.391. The van der Waals surface area contributed by atoms with E-state index in [1.165, 1.54) is 16.8 Å². The van der Waals surface area contributed by atoms with Crippen molar-refractivity contribution in [1.29, 1.82) is 0 Å². The maximum Gasteiger partial charge on any atom is 0.229 e. The number of aliphatic imine (C=N–C) groups is 1. The number of thiocarbonyl (C=S) groups is 1. The first kappa shape index (κ1) is 23.6. The fourth-order valence-corrected chi connectivity index (χ4v) is 4.37. The van der Waals surface area contributed by atoms with E-state index in [2.05, 4.69) is 86.7 Å². The van der Waals surface area contributed by atoms with Gasteiger partial charge in [-0.15, -0.1) is 0 Å². The zero-order chi connectivity index (χ0) is 24.1. The van der Waals surface area contributed by atoms with Gasteiger partial charge in [0.15, 0.2) is 0 Å². The van der Waals surface area contributed by atoms with Crippen LogP contribution in [-0.4, -0.2) is 52.1 Å². The fraction of sp³-hybridized carbons (Fsp3) is 0.308. The average Bonchev–Trinajstić information content (AvgIpc) is 2.78. The molecule has 1 saturated heterocycles. The minimum atomic E-state index is 0.391. The molecule has 3 aromatic rings.